The minimum absolute atomic E-state index is 0.133. The van der Waals surface area contributed by atoms with Crippen molar-refractivity contribution >= 4 is 50.8 Å². The maximum absolute atomic E-state index is 11.4. The second-order valence-corrected chi connectivity index (χ2v) is 7.55. The van der Waals surface area contributed by atoms with Crippen LogP contribution in [0.25, 0.3) is 21.9 Å². The van der Waals surface area contributed by atoms with Gasteiger partial charge in [-0.05, 0) is 41.5 Å². The van der Waals surface area contributed by atoms with Crippen molar-refractivity contribution in [2.75, 3.05) is 13.2 Å². The number of thiazole rings is 1. The highest BCUT2D eigenvalue weighted by Crippen LogP contribution is 2.39. The molecule has 0 atom stereocenters. The molecule has 2 aromatic carbocycles. The minimum Gasteiger partial charge on any atom is -0.489 e. The zero-order valence-corrected chi connectivity index (χ0v) is 15.8. The number of benzene rings is 2. The fraction of sp³-hybridized carbons (Fsp3) is 0.200. The molecular formula is C20H16ClNO4S. The van der Waals surface area contributed by atoms with Gasteiger partial charge in [-0.2, -0.15) is 0 Å². The monoisotopic (exact) mass is 401 g/mol. The molecule has 0 saturated carbocycles. The van der Waals surface area contributed by atoms with Crippen molar-refractivity contribution in [2.24, 2.45) is 0 Å². The summed E-state index contributed by atoms with van der Waals surface area (Å²) in [6, 6.07) is 11.3. The Balaban J connectivity index is 1.78. The van der Waals surface area contributed by atoms with Crippen LogP contribution in [0.1, 0.15) is 23.4 Å². The van der Waals surface area contributed by atoms with E-state index < -0.39 is 5.97 Å². The summed E-state index contributed by atoms with van der Waals surface area (Å²) < 4.78 is 12.4. The van der Waals surface area contributed by atoms with E-state index in [4.69, 9.17) is 21.1 Å². The fourth-order valence-electron chi connectivity index (χ4n) is 2.90. The standard InChI is InChI=1S/C20H16ClNO4S/c21-14-9-12(10-16-19(14)26-7-3-6-25-16)8-13(11-18(23)24)20-22-15-4-1-2-5-17(15)27-20/h1-2,4-5,8-10H,3,6-7,11H2,(H,23,24). The quantitative estimate of drug-likeness (QED) is 0.656. The molecule has 2 heterocycles. The van der Waals surface area contributed by atoms with Crippen LogP contribution in [-0.2, 0) is 4.79 Å². The number of para-hydroxylation sites is 1. The number of ether oxygens (including phenoxy) is 2. The van der Waals surface area contributed by atoms with Crippen LogP contribution in [0.2, 0.25) is 5.02 Å². The van der Waals surface area contributed by atoms with E-state index in [0.717, 1.165) is 22.2 Å². The molecule has 0 bridgehead atoms. The number of halogens is 1. The zero-order chi connectivity index (χ0) is 18.8. The lowest BCUT2D eigenvalue weighted by Gasteiger charge is -2.10. The summed E-state index contributed by atoms with van der Waals surface area (Å²) in [5.74, 6) is 0.192. The largest absolute Gasteiger partial charge is 0.489 e. The second-order valence-electron chi connectivity index (χ2n) is 6.11. The molecule has 3 aromatic rings. The number of aromatic nitrogens is 1. The maximum Gasteiger partial charge on any atom is 0.307 e. The Morgan fingerprint density at radius 1 is 1.26 bits per heavy atom. The van der Waals surface area contributed by atoms with Crippen LogP contribution in [0.15, 0.2) is 36.4 Å². The Kier molecular flexibility index (Phi) is 5.01. The summed E-state index contributed by atoms with van der Waals surface area (Å²) in [4.78, 5) is 16.0. The highest BCUT2D eigenvalue weighted by Gasteiger charge is 2.17. The first-order valence-electron chi connectivity index (χ1n) is 8.47. The number of rotatable bonds is 4. The van der Waals surface area contributed by atoms with Crippen LogP contribution in [0, 0.1) is 0 Å². The summed E-state index contributed by atoms with van der Waals surface area (Å²) in [6.45, 7) is 1.11. The molecule has 0 aliphatic carbocycles. The van der Waals surface area contributed by atoms with Crippen molar-refractivity contribution in [3.63, 3.8) is 0 Å². The van der Waals surface area contributed by atoms with Crippen molar-refractivity contribution in [3.05, 3.63) is 52.0 Å². The molecule has 5 nitrogen and oxygen atoms in total. The molecule has 1 aliphatic rings. The van der Waals surface area contributed by atoms with E-state index in [0.29, 0.717) is 40.3 Å². The van der Waals surface area contributed by atoms with Gasteiger partial charge < -0.3 is 14.6 Å². The predicted octanol–water partition coefficient (Wildman–Crippen LogP) is 5.13. The van der Waals surface area contributed by atoms with Crippen LogP contribution in [0.4, 0.5) is 0 Å². The molecule has 1 aliphatic heterocycles. The molecule has 1 aromatic heterocycles. The van der Waals surface area contributed by atoms with E-state index in [9.17, 15) is 9.90 Å². The number of carbonyl (C=O) groups is 1. The van der Waals surface area contributed by atoms with Gasteiger partial charge in [0.05, 0.1) is 34.9 Å². The molecule has 0 spiro atoms. The number of nitrogens with zero attached hydrogens (tertiary/aromatic N) is 1. The van der Waals surface area contributed by atoms with Gasteiger partial charge in [-0.1, -0.05) is 23.7 Å². The average molecular weight is 402 g/mol. The molecule has 0 unspecified atom stereocenters. The molecule has 138 valence electrons. The third-order valence-electron chi connectivity index (χ3n) is 4.08. The Morgan fingerprint density at radius 2 is 2.07 bits per heavy atom. The van der Waals surface area contributed by atoms with Gasteiger partial charge in [-0.25, -0.2) is 4.98 Å². The Morgan fingerprint density at radius 3 is 2.89 bits per heavy atom. The molecule has 0 fully saturated rings. The lowest BCUT2D eigenvalue weighted by molar-refractivity contribution is -0.135. The SMILES string of the molecule is O=C(O)CC(=Cc1cc(Cl)c2c(c1)OCCCO2)c1nc2ccccc2s1. The molecule has 0 saturated heterocycles. The average Bonchev–Trinajstić information content (AvgIpc) is 2.92. The first kappa shape index (κ1) is 17.8. The summed E-state index contributed by atoms with van der Waals surface area (Å²) >= 11 is 7.83. The summed E-state index contributed by atoms with van der Waals surface area (Å²) in [5, 5.41) is 10.5. The molecular weight excluding hydrogens is 386 g/mol. The topological polar surface area (TPSA) is 68.7 Å². The summed E-state index contributed by atoms with van der Waals surface area (Å²) in [5.41, 5.74) is 2.22. The van der Waals surface area contributed by atoms with Crippen molar-refractivity contribution in [3.8, 4) is 11.5 Å². The van der Waals surface area contributed by atoms with E-state index in [1.165, 1.54) is 11.3 Å². The lowest BCUT2D eigenvalue weighted by atomic mass is 10.1. The smallest absolute Gasteiger partial charge is 0.307 e. The van der Waals surface area contributed by atoms with Crippen LogP contribution in [0.5, 0.6) is 11.5 Å². The van der Waals surface area contributed by atoms with Crippen LogP contribution in [0.3, 0.4) is 0 Å². The van der Waals surface area contributed by atoms with Crippen molar-refractivity contribution in [2.45, 2.75) is 12.8 Å². The number of carboxylic acid groups (broad SMARTS) is 1. The van der Waals surface area contributed by atoms with Gasteiger partial charge in [-0.3, -0.25) is 4.79 Å². The fourth-order valence-corrected chi connectivity index (χ4v) is 4.15. The Bertz CT molecular complexity index is 1010. The number of carboxylic acids is 1. The third-order valence-corrected chi connectivity index (χ3v) is 5.47. The van der Waals surface area contributed by atoms with E-state index in [-0.39, 0.29) is 6.42 Å². The number of hydrogen-bond donors (Lipinski definition) is 1. The van der Waals surface area contributed by atoms with Crippen LogP contribution < -0.4 is 9.47 Å². The van der Waals surface area contributed by atoms with Gasteiger partial charge in [0.1, 0.15) is 5.01 Å². The Hall–Kier alpha value is -2.57. The van der Waals surface area contributed by atoms with Gasteiger partial charge in [0, 0.05) is 6.42 Å². The molecule has 27 heavy (non-hydrogen) atoms. The highest BCUT2D eigenvalue weighted by atomic mass is 35.5. The van der Waals surface area contributed by atoms with Crippen molar-refractivity contribution in [1.82, 2.24) is 4.98 Å². The number of fused-ring (bicyclic) bond motifs is 2. The van der Waals surface area contributed by atoms with Crippen LogP contribution >= 0.6 is 22.9 Å². The molecule has 0 amide bonds. The first-order valence-corrected chi connectivity index (χ1v) is 9.67. The van der Waals surface area contributed by atoms with Crippen molar-refractivity contribution < 1.29 is 19.4 Å². The van der Waals surface area contributed by atoms with Gasteiger partial charge in [0.25, 0.3) is 0 Å². The van der Waals surface area contributed by atoms with Crippen molar-refractivity contribution in [1.29, 1.82) is 0 Å². The molecule has 4 rings (SSSR count). The van der Waals surface area contributed by atoms with Gasteiger partial charge in [0.15, 0.2) is 11.5 Å². The van der Waals surface area contributed by atoms with Gasteiger partial charge >= 0.3 is 5.97 Å². The van der Waals surface area contributed by atoms with E-state index >= 15 is 0 Å². The normalized spacial score (nSPS) is 14.2. The van der Waals surface area contributed by atoms with E-state index in [2.05, 4.69) is 4.98 Å². The zero-order valence-electron chi connectivity index (χ0n) is 14.3. The number of aliphatic carboxylic acids is 1. The van der Waals surface area contributed by atoms with E-state index in [1.54, 1.807) is 12.1 Å². The molecule has 7 heteroatoms. The lowest BCUT2D eigenvalue weighted by Crippen LogP contribution is -1.97. The first-order chi connectivity index (χ1) is 13.1. The third kappa shape index (κ3) is 3.91. The summed E-state index contributed by atoms with van der Waals surface area (Å²) in [7, 11) is 0. The highest BCUT2D eigenvalue weighted by molar-refractivity contribution is 7.19. The predicted molar refractivity (Wildman–Crippen MR) is 107 cm³/mol. The number of hydrogen-bond acceptors (Lipinski definition) is 5. The maximum atomic E-state index is 11.4. The molecule has 0 radical (unpaired) electrons. The van der Waals surface area contributed by atoms with Crippen LogP contribution in [-0.4, -0.2) is 29.3 Å². The minimum atomic E-state index is -0.916. The van der Waals surface area contributed by atoms with Gasteiger partial charge in [-0.15, -0.1) is 11.3 Å². The van der Waals surface area contributed by atoms with Gasteiger partial charge in [0.2, 0.25) is 0 Å². The molecule has 1 N–H and O–H groups in total. The summed E-state index contributed by atoms with van der Waals surface area (Å²) in [6.07, 6.45) is 2.45. The second kappa shape index (κ2) is 7.58. The van der Waals surface area contributed by atoms with E-state index in [1.807, 2.05) is 30.3 Å². The Labute approximate surface area is 164 Å².